The average Bonchev–Trinajstić information content (AvgIpc) is 2.49. The fourth-order valence-corrected chi connectivity index (χ4v) is 3.72. The highest BCUT2D eigenvalue weighted by Gasteiger charge is 2.39. The van der Waals surface area contributed by atoms with E-state index in [-0.39, 0.29) is 11.0 Å². The SMILES string of the molecule is COc1ccc(C(Cl)CC2(OC)CCC2)c2ccccc12. The summed E-state index contributed by atoms with van der Waals surface area (Å²) < 4.78 is 11.2. The summed E-state index contributed by atoms with van der Waals surface area (Å²) in [5.41, 5.74) is 1.14. The van der Waals surface area contributed by atoms with Gasteiger partial charge in [0.1, 0.15) is 5.75 Å². The quantitative estimate of drug-likeness (QED) is 0.717. The Balaban J connectivity index is 1.96. The van der Waals surface area contributed by atoms with Crippen molar-refractivity contribution >= 4 is 22.4 Å². The van der Waals surface area contributed by atoms with E-state index in [9.17, 15) is 0 Å². The van der Waals surface area contributed by atoms with Crippen molar-refractivity contribution in [1.82, 2.24) is 0 Å². The maximum Gasteiger partial charge on any atom is 0.126 e. The Morgan fingerprint density at radius 2 is 1.81 bits per heavy atom. The normalized spacial score (nSPS) is 18.2. The second-order valence-corrected chi connectivity index (χ2v) is 6.34. The summed E-state index contributed by atoms with van der Waals surface area (Å²) in [6.07, 6.45) is 4.32. The van der Waals surface area contributed by atoms with E-state index in [2.05, 4.69) is 18.2 Å². The second-order valence-electron chi connectivity index (χ2n) is 5.81. The van der Waals surface area contributed by atoms with Crippen LogP contribution in [0.15, 0.2) is 36.4 Å². The Bertz CT molecular complexity index is 629. The lowest BCUT2D eigenvalue weighted by Gasteiger charge is -2.42. The van der Waals surface area contributed by atoms with Crippen LogP contribution >= 0.6 is 11.6 Å². The van der Waals surface area contributed by atoms with E-state index >= 15 is 0 Å². The van der Waals surface area contributed by atoms with Gasteiger partial charge in [-0.1, -0.05) is 30.3 Å². The monoisotopic (exact) mass is 304 g/mol. The summed E-state index contributed by atoms with van der Waals surface area (Å²) in [7, 11) is 3.50. The van der Waals surface area contributed by atoms with Crippen LogP contribution in [0.4, 0.5) is 0 Å². The van der Waals surface area contributed by atoms with Crippen LogP contribution in [0.5, 0.6) is 5.75 Å². The molecule has 0 N–H and O–H groups in total. The van der Waals surface area contributed by atoms with E-state index < -0.39 is 0 Å². The Morgan fingerprint density at radius 3 is 2.38 bits per heavy atom. The summed E-state index contributed by atoms with van der Waals surface area (Å²) in [5, 5.41) is 2.24. The number of rotatable bonds is 5. The van der Waals surface area contributed by atoms with Crippen molar-refractivity contribution in [2.75, 3.05) is 14.2 Å². The highest BCUT2D eigenvalue weighted by atomic mass is 35.5. The minimum absolute atomic E-state index is 0.0204. The molecule has 3 rings (SSSR count). The van der Waals surface area contributed by atoms with Gasteiger partial charge in [-0.15, -0.1) is 11.6 Å². The second kappa shape index (κ2) is 5.86. The van der Waals surface area contributed by atoms with Crippen molar-refractivity contribution < 1.29 is 9.47 Å². The topological polar surface area (TPSA) is 18.5 Å². The van der Waals surface area contributed by atoms with E-state index in [0.29, 0.717) is 0 Å². The third kappa shape index (κ3) is 2.63. The third-order valence-corrected chi connectivity index (χ3v) is 5.11. The van der Waals surface area contributed by atoms with Gasteiger partial charge in [0, 0.05) is 12.5 Å². The first-order valence-electron chi connectivity index (χ1n) is 7.44. The fraction of sp³-hybridized carbons (Fsp3) is 0.444. The molecular formula is C18H21ClO2. The number of alkyl halides is 1. The molecule has 1 fully saturated rings. The first-order chi connectivity index (χ1) is 10.2. The molecule has 2 aromatic carbocycles. The molecule has 0 saturated heterocycles. The van der Waals surface area contributed by atoms with E-state index in [1.54, 1.807) is 14.2 Å². The summed E-state index contributed by atoms with van der Waals surface area (Å²) >= 11 is 6.74. The summed E-state index contributed by atoms with van der Waals surface area (Å²) in [5.74, 6) is 0.892. The Kier molecular flexibility index (Phi) is 4.10. The summed E-state index contributed by atoms with van der Waals surface area (Å²) in [6, 6.07) is 12.4. The maximum absolute atomic E-state index is 6.74. The zero-order valence-corrected chi connectivity index (χ0v) is 13.3. The zero-order valence-electron chi connectivity index (χ0n) is 12.6. The molecule has 112 valence electrons. The van der Waals surface area contributed by atoms with Gasteiger partial charge >= 0.3 is 0 Å². The molecule has 0 bridgehead atoms. The van der Waals surface area contributed by atoms with Crippen LogP contribution in [0.25, 0.3) is 10.8 Å². The molecule has 1 aliphatic rings. The molecule has 0 aromatic heterocycles. The predicted octanol–water partition coefficient (Wildman–Crippen LogP) is 5.09. The number of methoxy groups -OCH3 is 2. The minimum Gasteiger partial charge on any atom is -0.496 e. The van der Waals surface area contributed by atoms with Crippen LogP contribution in [0.1, 0.15) is 36.6 Å². The lowest BCUT2D eigenvalue weighted by atomic mass is 9.75. The molecule has 0 spiro atoms. The van der Waals surface area contributed by atoms with Crippen molar-refractivity contribution in [3.05, 3.63) is 42.0 Å². The summed E-state index contributed by atoms with van der Waals surface area (Å²) in [4.78, 5) is 0. The van der Waals surface area contributed by atoms with Crippen LogP contribution in [0, 0.1) is 0 Å². The Hall–Kier alpha value is -1.25. The molecule has 0 heterocycles. The number of halogens is 1. The van der Waals surface area contributed by atoms with Crippen LogP contribution in [-0.2, 0) is 4.74 Å². The van der Waals surface area contributed by atoms with Crippen LogP contribution in [-0.4, -0.2) is 19.8 Å². The molecule has 1 aliphatic carbocycles. The average molecular weight is 305 g/mol. The van der Waals surface area contributed by atoms with Crippen molar-refractivity contribution in [3.8, 4) is 5.75 Å². The van der Waals surface area contributed by atoms with Crippen molar-refractivity contribution in [1.29, 1.82) is 0 Å². The first-order valence-corrected chi connectivity index (χ1v) is 7.88. The minimum atomic E-state index is -0.0407. The lowest BCUT2D eigenvalue weighted by Crippen LogP contribution is -2.39. The largest absolute Gasteiger partial charge is 0.496 e. The molecule has 0 amide bonds. The first kappa shape index (κ1) is 14.7. The highest BCUT2D eigenvalue weighted by molar-refractivity contribution is 6.22. The smallest absolute Gasteiger partial charge is 0.126 e. The molecule has 21 heavy (non-hydrogen) atoms. The van der Waals surface area contributed by atoms with Gasteiger partial charge in [0.15, 0.2) is 0 Å². The molecule has 1 saturated carbocycles. The van der Waals surface area contributed by atoms with Crippen molar-refractivity contribution in [2.45, 2.75) is 36.7 Å². The van der Waals surface area contributed by atoms with Gasteiger partial charge < -0.3 is 9.47 Å². The molecule has 0 aliphatic heterocycles. The lowest BCUT2D eigenvalue weighted by molar-refractivity contribution is -0.0779. The highest BCUT2D eigenvalue weighted by Crippen LogP contribution is 2.45. The fourth-order valence-electron chi connectivity index (χ4n) is 3.25. The van der Waals surface area contributed by atoms with E-state index in [1.165, 1.54) is 11.8 Å². The number of ether oxygens (including phenoxy) is 2. The maximum atomic E-state index is 6.74. The van der Waals surface area contributed by atoms with Gasteiger partial charge in [0.25, 0.3) is 0 Å². The van der Waals surface area contributed by atoms with Crippen LogP contribution < -0.4 is 4.74 Å². The zero-order chi connectivity index (χ0) is 14.9. The van der Waals surface area contributed by atoms with Crippen LogP contribution in [0.3, 0.4) is 0 Å². The number of benzene rings is 2. The summed E-state index contributed by atoms with van der Waals surface area (Å²) in [6.45, 7) is 0. The van der Waals surface area contributed by atoms with Crippen molar-refractivity contribution in [2.24, 2.45) is 0 Å². The van der Waals surface area contributed by atoms with Crippen LogP contribution in [0.2, 0.25) is 0 Å². The van der Waals surface area contributed by atoms with E-state index in [1.807, 2.05) is 18.2 Å². The van der Waals surface area contributed by atoms with Crippen molar-refractivity contribution in [3.63, 3.8) is 0 Å². The molecule has 0 radical (unpaired) electrons. The van der Waals surface area contributed by atoms with Gasteiger partial charge in [-0.25, -0.2) is 0 Å². The number of fused-ring (bicyclic) bond motifs is 1. The van der Waals surface area contributed by atoms with E-state index in [0.717, 1.165) is 36.0 Å². The molecule has 2 nitrogen and oxygen atoms in total. The predicted molar refractivity (Wildman–Crippen MR) is 87.3 cm³/mol. The van der Waals surface area contributed by atoms with Gasteiger partial charge in [-0.05, 0) is 42.7 Å². The Morgan fingerprint density at radius 1 is 1.10 bits per heavy atom. The molecule has 3 heteroatoms. The van der Waals surface area contributed by atoms with Gasteiger partial charge in [0.2, 0.25) is 0 Å². The van der Waals surface area contributed by atoms with Gasteiger partial charge in [-0.2, -0.15) is 0 Å². The van der Waals surface area contributed by atoms with Gasteiger partial charge in [-0.3, -0.25) is 0 Å². The van der Waals surface area contributed by atoms with E-state index in [4.69, 9.17) is 21.1 Å². The molecule has 1 unspecified atom stereocenters. The number of hydrogen-bond acceptors (Lipinski definition) is 2. The standard InChI is InChI=1S/C18H21ClO2/c1-20-17-9-8-14(13-6-3-4-7-15(13)17)16(19)12-18(21-2)10-5-11-18/h3-4,6-9,16H,5,10-12H2,1-2H3. The molecular weight excluding hydrogens is 284 g/mol. The molecule has 2 aromatic rings. The van der Waals surface area contributed by atoms with Gasteiger partial charge in [0.05, 0.1) is 18.1 Å². The number of hydrogen-bond donors (Lipinski definition) is 0. The Labute approximate surface area is 131 Å². The third-order valence-electron chi connectivity index (χ3n) is 4.72. The molecule has 1 atom stereocenters.